The third-order valence-electron chi connectivity index (χ3n) is 3.04. The van der Waals surface area contributed by atoms with E-state index in [2.05, 4.69) is 28.7 Å². The highest BCUT2D eigenvalue weighted by Gasteiger charge is 2.20. The van der Waals surface area contributed by atoms with Crippen molar-refractivity contribution in [3.05, 3.63) is 17.5 Å². The van der Waals surface area contributed by atoms with E-state index in [4.69, 9.17) is 16.3 Å². The number of halogens is 1. The minimum atomic E-state index is 0.311. The molecule has 0 bridgehead atoms. The molecule has 0 atom stereocenters. The summed E-state index contributed by atoms with van der Waals surface area (Å²) in [4.78, 5) is 10.4. The topological polar surface area (TPSA) is 38.2 Å². The van der Waals surface area contributed by atoms with Gasteiger partial charge in [0.05, 0.1) is 6.10 Å². The molecule has 0 aromatic carbocycles. The molecule has 0 radical (unpaired) electrons. The maximum absolute atomic E-state index is 5.87. The number of anilines is 1. The van der Waals surface area contributed by atoms with Crippen molar-refractivity contribution in [3.63, 3.8) is 0 Å². The minimum Gasteiger partial charge on any atom is -0.378 e. The predicted molar refractivity (Wildman–Crippen MR) is 73.1 cm³/mol. The first-order valence-corrected chi connectivity index (χ1v) is 6.88. The van der Waals surface area contributed by atoms with Crippen molar-refractivity contribution >= 4 is 17.4 Å². The normalized spacial score (nSPS) is 17.4. The quantitative estimate of drug-likeness (QED) is 0.788. The highest BCUT2D eigenvalue weighted by Crippen LogP contribution is 2.20. The summed E-state index contributed by atoms with van der Waals surface area (Å²) in [6.07, 6.45) is 4.19. The minimum absolute atomic E-state index is 0.311. The van der Waals surface area contributed by atoms with Crippen molar-refractivity contribution in [3.8, 4) is 0 Å². The van der Waals surface area contributed by atoms with Crippen molar-refractivity contribution in [2.24, 2.45) is 5.92 Å². The van der Waals surface area contributed by atoms with Gasteiger partial charge in [-0.2, -0.15) is 0 Å². The van der Waals surface area contributed by atoms with Crippen LogP contribution in [0.1, 0.15) is 26.7 Å². The Bertz CT molecular complexity index is 378. The number of aromatic nitrogens is 2. The van der Waals surface area contributed by atoms with E-state index in [1.165, 1.54) is 0 Å². The lowest BCUT2D eigenvalue weighted by Gasteiger charge is -2.32. The molecule has 18 heavy (non-hydrogen) atoms. The molecule has 0 saturated carbocycles. The van der Waals surface area contributed by atoms with Crippen LogP contribution in [0.15, 0.2) is 12.3 Å². The molecule has 0 spiro atoms. The van der Waals surface area contributed by atoms with Crippen molar-refractivity contribution in [1.29, 1.82) is 0 Å². The Labute approximate surface area is 113 Å². The number of piperidine rings is 1. The second kappa shape index (κ2) is 6.34. The monoisotopic (exact) mass is 269 g/mol. The zero-order chi connectivity index (χ0) is 13.0. The molecule has 0 aliphatic carbocycles. The fourth-order valence-electron chi connectivity index (χ4n) is 2.08. The molecule has 4 nitrogen and oxygen atoms in total. The van der Waals surface area contributed by atoms with Gasteiger partial charge in [-0.15, -0.1) is 0 Å². The van der Waals surface area contributed by atoms with E-state index in [9.17, 15) is 0 Å². The van der Waals surface area contributed by atoms with Gasteiger partial charge in [-0.25, -0.2) is 9.97 Å². The van der Waals surface area contributed by atoms with Crippen LogP contribution < -0.4 is 4.90 Å². The van der Waals surface area contributed by atoms with Crippen LogP contribution >= 0.6 is 11.6 Å². The lowest BCUT2D eigenvalue weighted by Crippen LogP contribution is -2.37. The van der Waals surface area contributed by atoms with Crippen LogP contribution in [-0.2, 0) is 4.74 Å². The number of hydrogen-bond donors (Lipinski definition) is 0. The highest BCUT2D eigenvalue weighted by molar-refractivity contribution is 6.28. The molecule has 1 aromatic heterocycles. The zero-order valence-corrected chi connectivity index (χ0v) is 11.7. The number of nitrogens with zero attached hydrogens (tertiary/aromatic N) is 3. The maximum Gasteiger partial charge on any atom is 0.224 e. The predicted octanol–water partition coefficient (Wildman–Crippen LogP) is 2.77. The summed E-state index contributed by atoms with van der Waals surface area (Å²) in [6, 6.07) is 1.90. The fraction of sp³-hybridized carbons (Fsp3) is 0.692. The first kappa shape index (κ1) is 13.6. The summed E-state index contributed by atoms with van der Waals surface area (Å²) in [6.45, 7) is 7.15. The Morgan fingerprint density at radius 1 is 1.44 bits per heavy atom. The molecule has 1 aliphatic rings. The van der Waals surface area contributed by atoms with Gasteiger partial charge in [-0.1, -0.05) is 13.8 Å². The molecule has 0 unspecified atom stereocenters. The average Bonchev–Trinajstić information content (AvgIpc) is 2.37. The van der Waals surface area contributed by atoms with Gasteiger partial charge in [0.2, 0.25) is 5.28 Å². The summed E-state index contributed by atoms with van der Waals surface area (Å²) in [5.41, 5.74) is 0. The van der Waals surface area contributed by atoms with Crippen LogP contribution in [0, 0.1) is 5.92 Å². The molecule has 0 N–H and O–H groups in total. The Balaban J connectivity index is 1.83. The van der Waals surface area contributed by atoms with Crippen LogP contribution in [0.2, 0.25) is 5.28 Å². The maximum atomic E-state index is 5.87. The van der Waals surface area contributed by atoms with Gasteiger partial charge in [0.1, 0.15) is 5.82 Å². The van der Waals surface area contributed by atoms with Gasteiger partial charge in [0.25, 0.3) is 0 Å². The van der Waals surface area contributed by atoms with Crippen molar-refractivity contribution in [2.45, 2.75) is 32.8 Å². The molecule has 100 valence electrons. The van der Waals surface area contributed by atoms with Gasteiger partial charge in [-0.3, -0.25) is 0 Å². The molecule has 2 rings (SSSR count). The molecule has 1 aromatic rings. The van der Waals surface area contributed by atoms with Crippen LogP contribution in [0.4, 0.5) is 5.82 Å². The molecular weight excluding hydrogens is 250 g/mol. The summed E-state index contributed by atoms with van der Waals surface area (Å²) in [5.74, 6) is 1.51. The fourth-order valence-corrected chi connectivity index (χ4v) is 2.23. The van der Waals surface area contributed by atoms with E-state index in [1.54, 1.807) is 6.20 Å². The Morgan fingerprint density at radius 3 is 2.78 bits per heavy atom. The molecule has 2 heterocycles. The summed E-state index contributed by atoms with van der Waals surface area (Å²) in [7, 11) is 0. The van der Waals surface area contributed by atoms with E-state index in [0.717, 1.165) is 38.4 Å². The van der Waals surface area contributed by atoms with E-state index in [1.807, 2.05) is 6.07 Å². The molecule has 1 saturated heterocycles. The lowest BCUT2D eigenvalue weighted by atomic mass is 10.1. The SMILES string of the molecule is CC(C)COC1CCN(c2ccnc(Cl)n2)CC1. The Kier molecular flexibility index (Phi) is 4.78. The summed E-state index contributed by atoms with van der Waals surface area (Å²) < 4.78 is 5.87. The van der Waals surface area contributed by atoms with E-state index < -0.39 is 0 Å². The number of rotatable bonds is 4. The van der Waals surface area contributed by atoms with Gasteiger partial charge < -0.3 is 9.64 Å². The lowest BCUT2D eigenvalue weighted by molar-refractivity contribution is 0.0214. The third-order valence-corrected chi connectivity index (χ3v) is 3.22. The molecule has 1 fully saturated rings. The average molecular weight is 270 g/mol. The zero-order valence-electron chi connectivity index (χ0n) is 11.0. The molecular formula is C13H20ClN3O. The number of hydrogen-bond acceptors (Lipinski definition) is 4. The van der Waals surface area contributed by atoms with Gasteiger partial charge >= 0.3 is 0 Å². The van der Waals surface area contributed by atoms with Gasteiger partial charge in [0, 0.05) is 25.9 Å². The number of ether oxygens (including phenoxy) is 1. The Morgan fingerprint density at radius 2 is 2.17 bits per heavy atom. The molecule has 5 heteroatoms. The van der Waals surface area contributed by atoms with Crippen molar-refractivity contribution in [2.75, 3.05) is 24.6 Å². The second-order valence-electron chi connectivity index (χ2n) is 5.10. The van der Waals surface area contributed by atoms with Crippen molar-refractivity contribution < 1.29 is 4.74 Å². The largest absolute Gasteiger partial charge is 0.378 e. The smallest absolute Gasteiger partial charge is 0.224 e. The van der Waals surface area contributed by atoms with Crippen LogP contribution in [0.5, 0.6) is 0 Å². The first-order chi connectivity index (χ1) is 8.65. The highest BCUT2D eigenvalue weighted by atomic mass is 35.5. The van der Waals surface area contributed by atoms with Crippen LogP contribution in [-0.4, -0.2) is 35.8 Å². The molecule has 1 aliphatic heterocycles. The van der Waals surface area contributed by atoms with E-state index >= 15 is 0 Å². The van der Waals surface area contributed by atoms with Gasteiger partial charge in [-0.05, 0) is 36.4 Å². The van der Waals surface area contributed by atoms with Crippen LogP contribution in [0.25, 0.3) is 0 Å². The Hall–Kier alpha value is -0.870. The van der Waals surface area contributed by atoms with Crippen LogP contribution in [0.3, 0.4) is 0 Å². The first-order valence-electron chi connectivity index (χ1n) is 6.50. The van der Waals surface area contributed by atoms with Crippen molar-refractivity contribution in [1.82, 2.24) is 9.97 Å². The summed E-state index contributed by atoms with van der Waals surface area (Å²) in [5, 5.41) is 0.311. The van der Waals surface area contributed by atoms with Gasteiger partial charge in [0.15, 0.2) is 0 Å². The van der Waals surface area contributed by atoms with E-state index in [0.29, 0.717) is 17.3 Å². The standard InChI is InChI=1S/C13H20ClN3O/c1-10(2)9-18-11-4-7-17(8-5-11)12-3-6-15-13(14)16-12/h3,6,10-11H,4-5,7-9H2,1-2H3. The summed E-state index contributed by atoms with van der Waals surface area (Å²) >= 11 is 5.80. The third kappa shape index (κ3) is 3.82. The molecule has 0 amide bonds. The van der Waals surface area contributed by atoms with E-state index in [-0.39, 0.29) is 0 Å². The second-order valence-corrected chi connectivity index (χ2v) is 5.44.